The van der Waals surface area contributed by atoms with Crippen LogP contribution in [0.3, 0.4) is 0 Å². The highest BCUT2D eigenvalue weighted by Gasteiger charge is 2.27. The van der Waals surface area contributed by atoms with Crippen molar-refractivity contribution in [2.24, 2.45) is 0 Å². The fourth-order valence-electron chi connectivity index (χ4n) is 1.35. The van der Waals surface area contributed by atoms with E-state index in [2.05, 4.69) is 4.98 Å². The summed E-state index contributed by atoms with van der Waals surface area (Å²) in [7, 11) is 0. The third-order valence-corrected chi connectivity index (χ3v) is 2.06. The summed E-state index contributed by atoms with van der Waals surface area (Å²) in [6, 6.07) is 6.28. The molecule has 0 fully saturated rings. The molecule has 0 radical (unpaired) electrons. The quantitative estimate of drug-likeness (QED) is 0.818. The van der Waals surface area contributed by atoms with E-state index in [0.29, 0.717) is 11.3 Å². The van der Waals surface area contributed by atoms with Gasteiger partial charge < -0.3 is 4.42 Å². The van der Waals surface area contributed by atoms with E-state index in [-0.39, 0.29) is 5.82 Å². The van der Waals surface area contributed by atoms with Crippen molar-refractivity contribution >= 4 is 5.82 Å². The van der Waals surface area contributed by atoms with Crippen molar-refractivity contribution in [3.63, 3.8) is 0 Å². The van der Waals surface area contributed by atoms with E-state index >= 15 is 0 Å². The Hall–Kier alpha value is -1.98. The van der Waals surface area contributed by atoms with Crippen LogP contribution in [0, 0.1) is 6.92 Å². The standard InChI is InChI=1S/C11H9F3N2O/c1-7-2-4-9(17-7)8-3-5-10(15-6-8)16-11(12,13)14/h2-6H,1H3,(H,15,16). The van der Waals surface area contributed by atoms with Crippen LogP contribution in [0.1, 0.15) is 5.76 Å². The van der Waals surface area contributed by atoms with Crippen LogP contribution in [-0.2, 0) is 0 Å². The second-order valence-electron chi connectivity index (χ2n) is 3.47. The van der Waals surface area contributed by atoms with E-state index in [1.165, 1.54) is 23.6 Å². The van der Waals surface area contributed by atoms with E-state index < -0.39 is 6.30 Å². The monoisotopic (exact) mass is 242 g/mol. The first-order valence-corrected chi connectivity index (χ1v) is 4.82. The predicted octanol–water partition coefficient (Wildman–Crippen LogP) is 3.58. The van der Waals surface area contributed by atoms with Gasteiger partial charge in [0.1, 0.15) is 17.3 Å². The minimum absolute atomic E-state index is 0.246. The van der Waals surface area contributed by atoms with Gasteiger partial charge in [0.15, 0.2) is 0 Å². The van der Waals surface area contributed by atoms with Crippen LogP contribution in [0.5, 0.6) is 0 Å². The van der Waals surface area contributed by atoms with Gasteiger partial charge in [-0.15, -0.1) is 0 Å². The van der Waals surface area contributed by atoms with Crippen LogP contribution in [0.2, 0.25) is 0 Å². The van der Waals surface area contributed by atoms with Crippen molar-refractivity contribution in [1.82, 2.24) is 4.98 Å². The van der Waals surface area contributed by atoms with Crippen molar-refractivity contribution in [1.29, 1.82) is 0 Å². The number of anilines is 1. The molecule has 0 bridgehead atoms. The molecule has 17 heavy (non-hydrogen) atoms. The summed E-state index contributed by atoms with van der Waals surface area (Å²) >= 11 is 0. The van der Waals surface area contributed by atoms with Gasteiger partial charge >= 0.3 is 6.30 Å². The van der Waals surface area contributed by atoms with E-state index in [1.807, 2.05) is 0 Å². The highest BCUT2D eigenvalue weighted by Crippen LogP contribution is 2.23. The Kier molecular flexibility index (Phi) is 2.79. The molecule has 90 valence electrons. The number of aromatic nitrogens is 1. The number of halogens is 3. The zero-order valence-electron chi connectivity index (χ0n) is 8.88. The summed E-state index contributed by atoms with van der Waals surface area (Å²) in [4.78, 5) is 3.66. The van der Waals surface area contributed by atoms with Gasteiger partial charge in [0.25, 0.3) is 0 Å². The molecule has 2 heterocycles. The van der Waals surface area contributed by atoms with Crippen LogP contribution in [0.25, 0.3) is 11.3 Å². The third-order valence-electron chi connectivity index (χ3n) is 2.06. The van der Waals surface area contributed by atoms with Gasteiger partial charge in [-0.1, -0.05) is 0 Å². The fourth-order valence-corrected chi connectivity index (χ4v) is 1.35. The second-order valence-corrected chi connectivity index (χ2v) is 3.47. The molecule has 0 aliphatic carbocycles. The Morgan fingerprint density at radius 2 is 1.94 bits per heavy atom. The molecular formula is C11H9F3N2O. The maximum absolute atomic E-state index is 12.0. The summed E-state index contributed by atoms with van der Waals surface area (Å²) in [6.07, 6.45) is -3.15. The zero-order chi connectivity index (χ0) is 12.5. The molecule has 0 saturated heterocycles. The molecule has 1 N–H and O–H groups in total. The zero-order valence-corrected chi connectivity index (χ0v) is 8.88. The van der Waals surface area contributed by atoms with Crippen molar-refractivity contribution in [3.05, 3.63) is 36.2 Å². The second kappa shape index (κ2) is 4.12. The Balaban J connectivity index is 2.19. The molecule has 6 heteroatoms. The van der Waals surface area contributed by atoms with Crippen molar-refractivity contribution < 1.29 is 17.6 Å². The van der Waals surface area contributed by atoms with Crippen molar-refractivity contribution in [3.8, 4) is 11.3 Å². The van der Waals surface area contributed by atoms with E-state index in [4.69, 9.17) is 4.42 Å². The first-order chi connectivity index (χ1) is 7.94. The molecule has 2 aromatic heterocycles. The number of nitrogens with one attached hydrogen (secondary N) is 1. The molecular weight excluding hydrogens is 233 g/mol. The molecule has 0 amide bonds. The summed E-state index contributed by atoms with van der Waals surface area (Å²) in [5.41, 5.74) is 0.630. The minimum atomic E-state index is -4.48. The Bertz CT molecular complexity index is 502. The third kappa shape index (κ3) is 2.99. The molecule has 2 rings (SSSR count). The Labute approximate surface area is 95.3 Å². The maximum atomic E-state index is 12.0. The number of nitrogens with zero attached hydrogens (tertiary/aromatic N) is 1. The molecule has 0 saturated carbocycles. The van der Waals surface area contributed by atoms with Crippen LogP contribution in [0.15, 0.2) is 34.9 Å². The van der Waals surface area contributed by atoms with Crippen molar-refractivity contribution in [2.45, 2.75) is 13.2 Å². The number of hydrogen-bond donors (Lipinski definition) is 1. The number of pyridine rings is 1. The largest absolute Gasteiger partial charge is 0.483 e. The van der Waals surface area contributed by atoms with Gasteiger partial charge in [0, 0.05) is 11.8 Å². The van der Waals surface area contributed by atoms with Gasteiger partial charge in [-0.2, -0.15) is 13.2 Å². The van der Waals surface area contributed by atoms with Crippen LogP contribution >= 0.6 is 0 Å². The SMILES string of the molecule is Cc1ccc(-c2ccc(NC(F)(F)F)nc2)o1. The number of furan rings is 1. The minimum Gasteiger partial charge on any atom is -0.461 e. The van der Waals surface area contributed by atoms with Gasteiger partial charge in [-0.25, -0.2) is 4.98 Å². The van der Waals surface area contributed by atoms with E-state index in [0.717, 1.165) is 5.76 Å². The highest BCUT2D eigenvalue weighted by atomic mass is 19.4. The lowest BCUT2D eigenvalue weighted by atomic mass is 10.2. The lowest BCUT2D eigenvalue weighted by molar-refractivity contribution is -0.100. The Morgan fingerprint density at radius 3 is 2.41 bits per heavy atom. The van der Waals surface area contributed by atoms with Gasteiger partial charge in [-0.05, 0) is 31.2 Å². The highest BCUT2D eigenvalue weighted by molar-refractivity contribution is 5.58. The number of hydrogen-bond acceptors (Lipinski definition) is 3. The average Bonchev–Trinajstić information content (AvgIpc) is 2.63. The summed E-state index contributed by atoms with van der Waals surface area (Å²) in [5, 5.41) is 1.32. The topological polar surface area (TPSA) is 38.1 Å². The maximum Gasteiger partial charge on any atom is 0.483 e. The fraction of sp³-hybridized carbons (Fsp3) is 0.182. The normalized spacial score (nSPS) is 11.5. The van der Waals surface area contributed by atoms with Crippen LogP contribution in [0.4, 0.5) is 19.0 Å². The first-order valence-electron chi connectivity index (χ1n) is 4.82. The summed E-state index contributed by atoms with van der Waals surface area (Å²) in [6.45, 7) is 1.79. The van der Waals surface area contributed by atoms with E-state index in [9.17, 15) is 13.2 Å². The van der Waals surface area contributed by atoms with Crippen LogP contribution in [-0.4, -0.2) is 11.3 Å². The predicted molar refractivity (Wildman–Crippen MR) is 56.4 cm³/mol. The average molecular weight is 242 g/mol. The van der Waals surface area contributed by atoms with Gasteiger partial charge in [0.05, 0.1) is 0 Å². The van der Waals surface area contributed by atoms with Crippen molar-refractivity contribution in [2.75, 3.05) is 5.32 Å². The van der Waals surface area contributed by atoms with Gasteiger partial charge in [0.2, 0.25) is 0 Å². The summed E-state index contributed by atoms with van der Waals surface area (Å²) in [5.74, 6) is 1.07. The Morgan fingerprint density at radius 1 is 1.18 bits per heavy atom. The summed E-state index contributed by atoms with van der Waals surface area (Å²) < 4.78 is 41.3. The molecule has 0 unspecified atom stereocenters. The molecule has 3 nitrogen and oxygen atoms in total. The molecule has 0 aromatic carbocycles. The lowest BCUT2D eigenvalue weighted by Crippen LogP contribution is -2.21. The number of aryl methyl sites for hydroxylation is 1. The molecule has 0 atom stereocenters. The first kappa shape index (κ1) is 11.5. The van der Waals surface area contributed by atoms with Crippen LogP contribution < -0.4 is 5.32 Å². The molecule has 2 aromatic rings. The smallest absolute Gasteiger partial charge is 0.461 e. The lowest BCUT2D eigenvalue weighted by Gasteiger charge is -2.08. The number of alkyl halides is 3. The van der Waals surface area contributed by atoms with E-state index in [1.54, 1.807) is 19.1 Å². The number of rotatable bonds is 2. The van der Waals surface area contributed by atoms with Gasteiger partial charge in [-0.3, -0.25) is 5.32 Å². The molecule has 0 aliphatic heterocycles. The molecule has 0 spiro atoms. The molecule has 0 aliphatic rings.